The summed E-state index contributed by atoms with van der Waals surface area (Å²) < 4.78 is 0. The monoisotopic (exact) mass is 240 g/mol. The maximum atomic E-state index is 11.7. The van der Waals surface area contributed by atoms with E-state index in [-0.39, 0.29) is 23.9 Å². The van der Waals surface area contributed by atoms with Crippen molar-refractivity contribution in [2.45, 2.75) is 18.5 Å². The van der Waals surface area contributed by atoms with Crippen molar-refractivity contribution >= 4 is 11.8 Å². The van der Waals surface area contributed by atoms with E-state index in [2.05, 4.69) is 0 Å². The van der Waals surface area contributed by atoms with Crippen LogP contribution in [0.3, 0.4) is 0 Å². The molecule has 6 nitrogen and oxygen atoms in total. The molecule has 0 bridgehead atoms. The number of nitrogens with two attached hydrogens (primary N) is 1. The summed E-state index contributed by atoms with van der Waals surface area (Å²) in [5.41, 5.74) is 5.74. The Labute approximate surface area is 101 Å². The van der Waals surface area contributed by atoms with Gasteiger partial charge in [-0.3, -0.25) is 9.59 Å². The second-order valence-corrected chi connectivity index (χ2v) is 5.20. The molecule has 6 heteroatoms. The molecule has 1 unspecified atom stereocenters. The predicted octanol–water partition coefficient (Wildman–Crippen LogP) is -1.68. The fraction of sp³-hybridized carbons (Fsp3) is 0.818. The third-order valence-electron chi connectivity index (χ3n) is 3.30. The Bertz CT molecular complexity index is 325. The van der Waals surface area contributed by atoms with Gasteiger partial charge in [-0.1, -0.05) is 0 Å². The van der Waals surface area contributed by atoms with Gasteiger partial charge in [0.1, 0.15) is 0 Å². The Hall–Kier alpha value is -1.14. The van der Waals surface area contributed by atoms with E-state index in [9.17, 15) is 9.59 Å². The first-order valence-corrected chi connectivity index (χ1v) is 5.95. The van der Waals surface area contributed by atoms with Gasteiger partial charge in [0.05, 0.1) is 12.6 Å². The minimum atomic E-state index is -0.0333. The molecule has 2 aliphatic rings. The maximum absolute atomic E-state index is 11.7. The molecule has 2 aliphatic heterocycles. The summed E-state index contributed by atoms with van der Waals surface area (Å²) in [6.07, 6.45) is 0.447. The lowest BCUT2D eigenvalue weighted by atomic mass is 10.1. The smallest absolute Gasteiger partial charge is 0.236 e. The van der Waals surface area contributed by atoms with Crippen LogP contribution in [0.25, 0.3) is 0 Å². The molecule has 2 N–H and O–H groups in total. The van der Waals surface area contributed by atoms with E-state index in [1.807, 2.05) is 23.9 Å². The molecule has 2 saturated heterocycles. The fourth-order valence-electron chi connectivity index (χ4n) is 2.34. The van der Waals surface area contributed by atoms with Crippen LogP contribution in [0.1, 0.15) is 6.42 Å². The number of hydrogen-bond acceptors (Lipinski definition) is 4. The number of nitrogens with zero attached hydrogens (tertiary/aromatic N) is 3. The zero-order valence-electron chi connectivity index (χ0n) is 10.4. The van der Waals surface area contributed by atoms with Crippen LogP contribution in [0.5, 0.6) is 0 Å². The molecule has 0 radical (unpaired) electrons. The van der Waals surface area contributed by atoms with E-state index in [4.69, 9.17) is 5.73 Å². The lowest BCUT2D eigenvalue weighted by molar-refractivity contribution is -0.144. The number of carbonyl (C=O) groups excluding carboxylic acids is 2. The zero-order chi connectivity index (χ0) is 12.6. The van der Waals surface area contributed by atoms with Crippen molar-refractivity contribution < 1.29 is 9.59 Å². The summed E-state index contributed by atoms with van der Waals surface area (Å²) in [5, 5.41) is 0. The molecule has 0 aliphatic carbocycles. The summed E-state index contributed by atoms with van der Waals surface area (Å²) in [7, 11) is 3.75. The second-order valence-electron chi connectivity index (χ2n) is 5.20. The molecule has 2 rings (SSSR count). The zero-order valence-corrected chi connectivity index (χ0v) is 10.4. The van der Waals surface area contributed by atoms with Gasteiger partial charge in [0.2, 0.25) is 11.8 Å². The summed E-state index contributed by atoms with van der Waals surface area (Å²) >= 11 is 0. The van der Waals surface area contributed by atoms with Crippen molar-refractivity contribution in [2.24, 2.45) is 5.73 Å². The minimum Gasteiger partial charge on any atom is -0.337 e. The van der Waals surface area contributed by atoms with E-state index in [1.54, 1.807) is 4.90 Å². The highest BCUT2D eigenvalue weighted by Gasteiger charge is 2.40. The maximum Gasteiger partial charge on any atom is 0.236 e. The Kier molecular flexibility index (Phi) is 3.35. The third-order valence-corrected chi connectivity index (χ3v) is 3.30. The molecule has 0 aromatic heterocycles. The second kappa shape index (κ2) is 4.62. The Morgan fingerprint density at radius 1 is 1.41 bits per heavy atom. The molecule has 0 aromatic rings. The quantitative estimate of drug-likeness (QED) is 0.639. The molecule has 0 aromatic carbocycles. The van der Waals surface area contributed by atoms with Gasteiger partial charge < -0.3 is 20.4 Å². The number of carbonyl (C=O) groups is 2. The molecule has 2 heterocycles. The SMILES string of the molecule is CN(C)CC(=O)N1CC(N2CC(N)CC2=O)C1. The van der Waals surface area contributed by atoms with E-state index in [0.29, 0.717) is 32.6 Å². The largest absolute Gasteiger partial charge is 0.337 e. The average Bonchev–Trinajstić information content (AvgIpc) is 2.41. The van der Waals surface area contributed by atoms with Gasteiger partial charge in [-0.25, -0.2) is 0 Å². The highest BCUT2D eigenvalue weighted by molar-refractivity contribution is 5.82. The first-order chi connectivity index (χ1) is 7.97. The minimum absolute atomic E-state index is 0.0333. The molecule has 2 amide bonds. The summed E-state index contributed by atoms with van der Waals surface area (Å²) in [5.74, 6) is 0.254. The van der Waals surface area contributed by atoms with Gasteiger partial charge in [-0.15, -0.1) is 0 Å². The number of likely N-dealkylation sites (N-methyl/N-ethyl adjacent to an activating group) is 1. The molecular formula is C11H20N4O2. The lowest BCUT2D eigenvalue weighted by Crippen LogP contribution is -2.62. The van der Waals surface area contributed by atoms with Gasteiger partial charge >= 0.3 is 0 Å². The third kappa shape index (κ3) is 2.58. The molecule has 1 atom stereocenters. The van der Waals surface area contributed by atoms with E-state index in [1.165, 1.54) is 0 Å². The fourth-order valence-corrected chi connectivity index (χ4v) is 2.34. The topological polar surface area (TPSA) is 69.9 Å². The normalized spacial score (nSPS) is 25.6. The van der Waals surface area contributed by atoms with Crippen LogP contribution >= 0.6 is 0 Å². The van der Waals surface area contributed by atoms with Gasteiger partial charge in [-0.05, 0) is 14.1 Å². The molecule has 0 spiro atoms. The van der Waals surface area contributed by atoms with Crippen LogP contribution in [-0.2, 0) is 9.59 Å². The van der Waals surface area contributed by atoms with Crippen LogP contribution in [0, 0.1) is 0 Å². The predicted molar refractivity (Wildman–Crippen MR) is 63.2 cm³/mol. The molecular weight excluding hydrogens is 220 g/mol. The summed E-state index contributed by atoms with van der Waals surface area (Å²) in [6.45, 7) is 2.38. The van der Waals surface area contributed by atoms with Crippen molar-refractivity contribution in [3.8, 4) is 0 Å². The Morgan fingerprint density at radius 3 is 2.53 bits per heavy atom. The van der Waals surface area contributed by atoms with Gasteiger partial charge in [0.25, 0.3) is 0 Å². The number of likely N-dealkylation sites (tertiary alicyclic amines) is 2. The Morgan fingerprint density at radius 2 is 2.06 bits per heavy atom. The van der Waals surface area contributed by atoms with E-state index < -0.39 is 0 Å². The van der Waals surface area contributed by atoms with Crippen molar-refractivity contribution in [3.05, 3.63) is 0 Å². The van der Waals surface area contributed by atoms with Crippen LogP contribution in [0.15, 0.2) is 0 Å². The van der Waals surface area contributed by atoms with Crippen LogP contribution < -0.4 is 5.73 Å². The van der Waals surface area contributed by atoms with Crippen LogP contribution in [-0.4, -0.2) is 78.9 Å². The lowest BCUT2D eigenvalue weighted by Gasteiger charge is -2.44. The average molecular weight is 240 g/mol. The summed E-state index contributed by atoms with van der Waals surface area (Å²) in [6, 6.07) is 0.149. The standard InChI is InChI=1S/C11H20N4O2/c1-13(2)7-11(17)14-5-9(6-14)15-4-8(12)3-10(15)16/h8-9H,3-7,12H2,1-2H3. The molecule has 2 fully saturated rings. The first-order valence-electron chi connectivity index (χ1n) is 5.95. The van der Waals surface area contributed by atoms with Gasteiger partial charge in [0, 0.05) is 32.1 Å². The molecule has 0 saturated carbocycles. The van der Waals surface area contributed by atoms with E-state index in [0.717, 1.165) is 0 Å². The first kappa shape index (κ1) is 12.3. The van der Waals surface area contributed by atoms with E-state index >= 15 is 0 Å². The number of hydrogen-bond donors (Lipinski definition) is 1. The van der Waals surface area contributed by atoms with Crippen LogP contribution in [0.2, 0.25) is 0 Å². The Balaban J connectivity index is 1.79. The molecule has 96 valence electrons. The van der Waals surface area contributed by atoms with Gasteiger partial charge in [0.15, 0.2) is 0 Å². The van der Waals surface area contributed by atoms with Crippen molar-refractivity contribution in [1.82, 2.24) is 14.7 Å². The van der Waals surface area contributed by atoms with Crippen molar-refractivity contribution in [1.29, 1.82) is 0 Å². The summed E-state index contributed by atoms with van der Waals surface area (Å²) in [4.78, 5) is 28.8. The number of amides is 2. The van der Waals surface area contributed by atoms with Gasteiger partial charge in [-0.2, -0.15) is 0 Å². The van der Waals surface area contributed by atoms with Crippen molar-refractivity contribution in [2.75, 3.05) is 40.3 Å². The molecule has 17 heavy (non-hydrogen) atoms. The van der Waals surface area contributed by atoms with Crippen LogP contribution in [0.4, 0.5) is 0 Å². The number of rotatable bonds is 3. The highest BCUT2D eigenvalue weighted by atomic mass is 16.2. The van der Waals surface area contributed by atoms with Crippen molar-refractivity contribution in [3.63, 3.8) is 0 Å². The highest BCUT2D eigenvalue weighted by Crippen LogP contribution is 2.20.